The van der Waals surface area contributed by atoms with E-state index in [2.05, 4.69) is 4.98 Å². The average molecular weight is 217 g/mol. The quantitative estimate of drug-likeness (QED) is 0.800. The summed E-state index contributed by atoms with van der Waals surface area (Å²) in [6.45, 7) is 5.46. The second-order valence-electron chi connectivity index (χ2n) is 4.37. The van der Waals surface area contributed by atoms with Gasteiger partial charge in [0.25, 0.3) is 6.43 Å². The van der Waals surface area contributed by atoms with Crippen LogP contribution in [0.5, 0.6) is 0 Å². The molecule has 0 saturated heterocycles. The minimum atomic E-state index is -2.80. The fourth-order valence-corrected chi connectivity index (χ4v) is 1.22. The maximum atomic E-state index is 12.5. The second kappa shape index (κ2) is 3.64. The van der Waals surface area contributed by atoms with Gasteiger partial charge in [-0.15, -0.1) is 0 Å². The standard InChI is InChI=1S/C10H13F2NO2/c1-10(2,3)6-4-5(9(14)15)7(13-6)8(11)12/h4,8,13H,1-3H3,(H,14,15). The smallest absolute Gasteiger partial charge is 0.337 e. The predicted octanol–water partition coefficient (Wildman–Crippen LogP) is 2.95. The van der Waals surface area contributed by atoms with Crippen LogP contribution in [0.15, 0.2) is 6.07 Å². The lowest BCUT2D eigenvalue weighted by Gasteiger charge is -2.15. The molecular weight excluding hydrogens is 204 g/mol. The van der Waals surface area contributed by atoms with E-state index >= 15 is 0 Å². The van der Waals surface area contributed by atoms with E-state index in [4.69, 9.17) is 5.11 Å². The number of hydrogen-bond donors (Lipinski definition) is 2. The third-order valence-electron chi connectivity index (χ3n) is 2.10. The first-order valence-corrected chi connectivity index (χ1v) is 4.48. The number of halogens is 2. The maximum absolute atomic E-state index is 12.5. The fourth-order valence-electron chi connectivity index (χ4n) is 1.22. The number of aromatic amines is 1. The number of aromatic carboxylic acids is 1. The van der Waals surface area contributed by atoms with Crippen molar-refractivity contribution in [2.24, 2.45) is 0 Å². The van der Waals surface area contributed by atoms with Gasteiger partial charge in [-0.2, -0.15) is 0 Å². The molecule has 0 saturated carbocycles. The zero-order chi connectivity index (χ0) is 11.8. The van der Waals surface area contributed by atoms with Crippen molar-refractivity contribution >= 4 is 5.97 Å². The summed E-state index contributed by atoms with van der Waals surface area (Å²) < 4.78 is 25.0. The van der Waals surface area contributed by atoms with Gasteiger partial charge in [0.1, 0.15) is 0 Å². The monoisotopic (exact) mass is 217 g/mol. The molecule has 0 radical (unpaired) electrons. The van der Waals surface area contributed by atoms with E-state index in [1.54, 1.807) is 0 Å². The predicted molar refractivity (Wildman–Crippen MR) is 51.4 cm³/mol. The molecule has 0 aromatic carbocycles. The number of hydrogen-bond acceptors (Lipinski definition) is 1. The Morgan fingerprint density at radius 3 is 2.27 bits per heavy atom. The minimum absolute atomic E-state index is 0.352. The summed E-state index contributed by atoms with van der Waals surface area (Å²) in [4.78, 5) is 13.2. The molecule has 5 heteroatoms. The molecule has 1 heterocycles. The highest BCUT2D eigenvalue weighted by Gasteiger charge is 2.25. The van der Waals surface area contributed by atoms with Crippen molar-refractivity contribution in [1.82, 2.24) is 4.98 Å². The molecule has 0 fully saturated rings. The molecule has 0 amide bonds. The van der Waals surface area contributed by atoms with Crippen LogP contribution in [0, 0.1) is 0 Å². The van der Waals surface area contributed by atoms with Crippen molar-refractivity contribution < 1.29 is 18.7 Å². The van der Waals surface area contributed by atoms with Crippen LogP contribution in [-0.4, -0.2) is 16.1 Å². The lowest BCUT2D eigenvalue weighted by atomic mass is 9.92. The Hall–Kier alpha value is -1.39. The third kappa shape index (κ3) is 2.34. The number of carboxylic acid groups (broad SMARTS) is 1. The summed E-state index contributed by atoms with van der Waals surface area (Å²) in [5.41, 5.74) is -0.755. The van der Waals surface area contributed by atoms with Crippen LogP contribution in [0.25, 0.3) is 0 Å². The number of carbonyl (C=O) groups is 1. The van der Waals surface area contributed by atoms with Crippen molar-refractivity contribution in [2.45, 2.75) is 32.6 Å². The SMILES string of the molecule is CC(C)(C)c1cc(C(=O)O)c(C(F)F)[nH]1. The van der Waals surface area contributed by atoms with Crippen molar-refractivity contribution in [3.8, 4) is 0 Å². The molecule has 0 unspecified atom stereocenters. The number of rotatable bonds is 2. The van der Waals surface area contributed by atoms with Gasteiger partial charge in [-0.1, -0.05) is 20.8 Å². The van der Waals surface area contributed by atoms with E-state index in [-0.39, 0.29) is 11.0 Å². The molecule has 0 aliphatic rings. The Kier molecular flexibility index (Phi) is 2.83. The van der Waals surface area contributed by atoms with Gasteiger partial charge in [-0.3, -0.25) is 0 Å². The van der Waals surface area contributed by atoms with Gasteiger partial charge in [0, 0.05) is 11.1 Å². The highest BCUT2D eigenvalue weighted by Crippen LogP contribution is 2.29. The maximum Gasteiger partial charge on any atom is 0.337 e. The van der Waals surface area contributed by atoms with E-state index in [0.717, 1.165) is 0 Å². The Balaban J connectivity index is 3.28. The summed E-state index contributed by atoms with van der Waals surface area (Å²) in [6.07, 6.45) is -2.80. The van der Waals surface area contributed by atoms with Gasteiger partial charge < -0.3 is 10.1 Å². The van der Waals surface area contributed by atoms with Crippen LogP contribution >= 0.6 is 0 Å². The van der Waals surface area contributed by atoms with Crippen molar-refractivity contribution in [3.63, 3.8) is 0 Å². The molecular formula is C10H13F2NO2. The summed E-state index contributed by atoms with van der Waals surface area (Å²) in [7, 11) is 0. The van der Waals surface area contributed by atoms with Gasteiger partial charge in [0.2, 0.25) is 0 Å². The van der Waals surface area contributed by atoms with Gasteiger partial charge in [-0.05, 0) is 6.07 Å². The number of carboxylic acids is 1. The molecule has 0 aliphatic carbocycles. The molecule has 0 spiro atoms. The van der Waals surface area contributed by atoms with E-state index in [0.29, 0.717) is 5.69 Å². The topological polar surface area (TPSA) is 53.1 Å². The largest absolute Gasteiger partial charge is 0.478 e. The number of aromatic nitrogens is 1. The molecule has 2 N–H and O–H groups in total. The van der Waals surface area contributed by atoms with Crippen LogP contribution in [0.3, 0.4) is 0 Å². The number of nitrogens with one attached hydrogen (secondary N) is 1. The molecule has 0 atom stereocenters. The van der Waals surface area contributed by atoms with E-state index in [1.807, 2.05) is 20.8 Å². The molecule has 1 aromatic heterocycles. The normalized spacial score (nSPS) is 12.1. The lowest BCUT2D eigenvalue weighted by molar-refractivity contribution is 0.0684. The van der Waals surface area contributed by atoms with Gasteiger partial charge in [0.15, 0.2) is 0 Å². The molecule has 0 bridgehead atoms. The van der Waals surface area contributed by atoms with E-state index in [9.17, 15) is 13.6 Å². The third-order valence-corrected chi connectivity index (χ3v) is 2.10. The van der Waals surface area contributed by atoms with Crippen molar-refractivity contribution in [3.05, 3.63) is 23.0 Å². The first-order valence-electron chi connectivity index (χ1n) is 4.48. The zero-order valence-corrected chi connectivity index (χ0v) is 8.77. The molecule has 84 valence electrons. The van der Waals surface area contributed by atoms with Crippen LogP contribution in [0.1, 0.15) is 48.9 Å². The molecule has 15 heavy (non-hydrogen) atoms. The zero-order valence-electron chi connectivity index (χ0n) is 8.77. The highest BCUT2D eigenvalue weighted by molar-refractivity contribution is 5.89. The summed E-state index contributed by atoms with van der Waals surface area (Å²) >= 11 is 0. The van der Waals surface area contributed by atoms with Crippen LogP contribution < -0.4 is 0 Å². The fraction of sp³-hybridized carbons (Fsp3) is 0.500. The Bertz CT molecular complexity index is 377. The van der Waals surface area contributed by atoms with Gasteiger partial charge >= 0.3 is 5.97 Å². The van der Waals surface area contributed by atoms with Crippen LogP contribution in [-0.2, 0) is 5.41 Å². The Labute approximate surface area is 86.1 Å². The summed E-state index contributed by atoms with van der Waals surface area (Å²) in [6, 6.07) is 1.27. The van der Waals surface area contributed by atoms with E-state index in [1.165, 1.54) is 6.07 Å². The van der Waals surface area contributed by atoms with E-state index < -0.39 is 18.1 Å². The molecule has 1 rings (SSSR count). The van der Waals surface area contributed by atoms with Crippen molar-refractivity contribution in [2.75, 3.05) is 0 Å². The van der Waals surface area contributed by atoms with Crippen LogP contribution in [0.4, 0.5) is 8.78 Å². The van der Waals surface area contributed by atoms with Gasteiger partial charge in [0.05, 0.1) is 11.3 Å². The average Bonchev–Trinajstić information content (AvgIpc) is 2.45. The number of H-pyrrole nitrogens is 1. The van der Waals surface area contributed by atoms with Gasteiger partial charge in [-0.25, -0.2) is 13.6 Å². The Morgan fingerprint density at radius 2 is 2.00 bits per heavy atom. The summed E-state index contributed by atoms with van der Waals surface area (Å²) in [5.74, 6) is -1.34. The second-order valence-corrected chi connectivity index (χ2v) is 4.37. The summed E-state index contributed by atoms with van der Waals surface area (Å²) in [5, 5.41) is 8.74. The Morgan fingerprint density at radius 1 is 1.47 bits per heavy atom. The molecule has 3 nitrogen and oxygen atoms in total. The molecule has 1 aromatic rings. The highest BCUT2D eigenvalue weighted by atomic mass is 19.3. The lowest BCUT2D eigenvalue weighted by Crippen LogP contribution is -2.11. The minimum Gasteiger partial charge on any atom is -0.478 e. The number of alkyl halides is 2. The molecule has 0 aliphatic heterocycles. The van der Waals surface area contributed by atoms with Crippen LogP contribution in [0.2, 0.25) is 0 Å². The first kappa shape index (κ1) is 11.7. The van der Waals surface area contributed by atoms with Crippen molar-refractivity contribution in [1.29, 1.82) is 0 Å². The first-order chi connectivity index (χ1) is 6.73.